The van der Waals surface area contributed by atoms with Gasteiger partial charge < -0.3 is 14.2 Å². The second-order valence-corrected chi connectivity index (χ2v) is 5.52. The van der Waals surface area contributed by atoms with E-state index in [0.29, 0.717) is 12.5 Å². The summed E-state index contributed by atoms with van der Waals surface area (Å²) in [4.78, 5) is 0. The van der Waals surface area contributed by atoms with E-state index in [2.05, 4.69) is 0 Å². The Labute approximate surface area is 129 Å². The predicted octanol–water partition coefficient (Wildman–Crippen LogP) is 3.64. The lowest BCUT2D eigenvalue weighted by Crippen LogP contribution is -2.23. The lowest BCUT2D eigenvalue weighted by molar-refractivity contribution is 0.216. The van der Waals surface area contributed by atoms with Crippen LogP contribution in [0.3, 0.4) is 0 Å². The first-order chi connectivity index (χ1) is 10.7. The van der Waals surface area contributed by atoms with Gasteiger partial charge in [0.1, 0.15) is 23.1 Å². The molecule has 2 aromatic carbocycles. The predicted molar refractivity (Wildman–Crippen MR) is 82.3 cm³/mol. The van der Waals surface area contributed by atoms with E-state index in [1.165, 1.54) is 12.1 Å². The molecule has 0 aliphatic carbocycles. The van der Waals surface area contributed by atoms with Crippen molar-refractivity contribution in [1.29, 1.82) is 0 Å². The highest BCUT2D eigenvalue weighted by molar-refractivity contribution is 5.51. The highest BCUT2D eigenvalue weighted by Gasteiger charge is 2.24. The molecular formula is C18H19FO3. The van der Waals surface area contributed by atoms with Gasteiger partial charge in [-0.2, -0.15) is 0 Å². The van der Waals surface area contributed by atoms with Crippen LogP contribution in [0.1, 0.15) is 11.1 Å². The number of halogens is 1. The first-order valence-corrected chi connectivity index (χ1v) is 7.31. The highest BCUT2D eigenvalue weighted by Crippen LogP contribution is 2.39. The van der Waals surface area contributed by atoms with Crippen molar-refractivity contribution in [3.63, 3.8) is 0 Å². The minimum atomic E-state index is -0.206. The van der Waals surface area contributed by atoms with Crippen LogP contribution in [0.25, 0.3) is 0 Å². The van der Waals surface area contributed by atoms with Gasteiger partial charge in [-0.3, -0.25) is 0 Å². The van der Waals surface area contributed by atoms with Crippen LogP contribution >= 0.6 is 0 Å². The molecule has 22 heavy (non-hydrogen) atoms. The average Bonchev–Trinajstić information content (AvgIpc) is 2.56. The van der Waals surface area contributed by atoms with Crippen LogP contribution in [0.15, 0.2) is 36.4 Å². The highest BCUT2D eigenvalue weighted by atomic mass is 19.1. The zero-order valence-corrected chi connectivity index (χ0v) is 12.8. The normalized spacial score (nSPS) is 16.6. The molecule has 0 aromatic heterocycles. The molecule has 0 bridgehead atoms. The van der Waals surface area contributed by atoms with Crippen molar-refractivity contribution in [2.45, 2.75) is 12.8 Å². The summed E-state index contributed by atoms with van der Waals surface area (Å²) in [6.45, 7) is 0.640. The molecule has 3 rings (SSSR count). The Kier molecular flexibility index (Phi) is 4.18. The molecular weight excluding hydrogens is 283 g/mol. The number of benzene rings is 2. The third-order valence-corrected chi connectivity index (χ3v) is 4.00. The van der Waals surface area contributed by atoms with Gasteiger partial charge in [0, 0.05) is 23.6 Å². The van der Waals surface area contributed by atoms with Gasteiger partial charge in [0.05, 0.1) is 20.8 Å². The first-order valence-electron chi connectivity index (χ1n) is 7.31. The minimum absolute atomic E-state index is 0.206. The topological polar surface area (TPSA) is 27.7 Å². The molecule has 0 N–H and O–H groups in total. The van der Waals surface area contributed by atoms with Crippen molar-refractivity contribution < 1.29 is 18.6 Å². The van der Waals surface area contributed by atoms with Gasteiger partial charge in [0.15, 0.2) is 0 Å². The number of ether oxygens (including phenoxy) is 3. The first kappa shape index (κ1) is 14.7. The molecule has 0 radical (unpaired) electrons. The third kappa shape index (κ3) is 3.01. The van der Waals surface area contributed by atoms with Crippen LogP contribution in [0.2, 0.25) is 0 Å². The summed E-state index contributed by atoms with van der Waals surface area (Å²) in [7, 11) is 3.28. The lowest BCUT2D eigenvalue weighted by atomic mass is 9.90. The molecule has 1 heterocycles. The fraction of sp³-hybridized carbons (Fsp3) is 0.333. The van der Waals surface area contributed by atoms with E-state index in [9.17, 15) is 4.39 Å². The Morgan fingerprint density at radius 1 is 1.14 bits per heavy atom. The summed E-state index contributed by atoms with van der Waals surface area (Å²) in [6, 6.07) is 10.4. The minimum Gasteiger partial charge on any atom is -0.496 e. The van der Waals surface area contributed by atoms with Crippen LogP contribution in [-0.2, 0) is 12.8 Å². The summed E-state index contributed by atoms with van der Waals surface area (Å²) in [5, 5.41) is 0. The van der Waals surface area contributed by atoms with Crippen LogP contribution in [0, 0.1) is 11.7 Å². The van der Waals surface area contributed by atoms with Crippen molar-refractivity contribution in [1.82, 2.24) is 0 Å². The second kappa shape index (κ2) is 6.26. The number of rotatable bonds is 4. The number of fused-ring (bicyclic) bond motifs is 1. The molecule has 3 nitrogen and oxygen atoms in total. The maximum absolute atomic E-state index is 13.0. The Hall–Kier alpha value is -2.23. The smallest absolute Gasteiger partial charge is 0.129 e. The summed E-state index contributed by atoms with van der Waals surface area (Å²) >= 11 is 0. The van der Waals surface area contributed by atoms with E-state index in [0.717, 1.165) is 41.2 Å². The van der Waals surface area contributed by atoms with Crippen molar-refractivity contribution >= 4 is 0 Å². The summed E-state index contributed by atoms with van der Waals surface area (Å²) in [6.07, 6.45) is 1.73. The van der Waals surface area contributed by atoms with Gasteiger partial charge in [0.2, 0.25) is 0 Å². The monoisotopic (exact) mass is 302 g/mol. The van der Waals surface area contributed by atoms with E-state index in [4.69, 9.17) is 14.2 Å². The largest absolute Gasteiger partial charge is 0.496 e. The standard InChI is InChI=1S/C18H19FO3/c1-20-15-9-17(21-2)16-8-13(11-22-18(16)10-15)7-12-3-5-14(19)6-4-12/h3-6,9-10,13H,7-8,11H2,1-2H3. The van der Waals surface area contributed by atoms with Gasteiger partial charge in [-0.25, -0.2) is 4.39 Å². The van der Waals surface area contributed by atoms with Crippen molar-refractivity contribution in [3.8, 4) is 17.2 Å². The molecule has 116 valence electrons. The van der Waals surface area contributed by atoms with Gasteiger partial charge in [-0.05, 0) is 30.5 Å². The van der Waals surface area contributed by atoms with Gasteiger partial charge in [0.25, 0.3) is 0 Å². The zero-order valence-electron chi connectivity index (χ0n) is 12.8. The SMILES string of the molecule is COc1cc(OC)c2c(c1)OCC(Cc1ccc(F)cc1)C2. The lowest BCUT2D eigenvalue weighted by Gasteiger charge is -2.27. The molecule has 0 amide bonds. The molecule has 0 saturated heterocycles. The van der Waals surface area contributed by atoms with E-state index < -0.39 is 0 Å². The molecule has 0 fully saturated rings. The Morgan fingerprint density at radius 3 is 2.59 bits per heavy atom. The van der Waals surface area contributed by atoms with Crippen LogP contribution in [-0.4, -0.2) is 20.8 Å². The fourth-order valence-electron chi connectivity index (χ4n) is 2.87. The van der Waals surface area contributed by atoms with Crippen molar-refractivity contribution in [2.75, 3.05) is 20.8 Å². The van der Waals surface area contributed by atoms with E-state index in [1.54, 1.807) is 14.2 Å². The zero-order chi connectivity index (χ0) is 15.5. The number of hydrogen-bond donors (Lipinski definition) is 0. The van der Waals surface area contributed by atoms with Crippen LogP contribution < -0.4 is 14.2 Å². The molecule has 4 heteroatoms. The van der Waals surface area contributed by atoms with Gasteiger partial charge >= 0.3 is 0 Å². The second-order valence-electron chi connectivity index (χ2n) is 5.52. The molecule has 1 aliphatic rings. The fourth-order valence-corrected chi connectivity index (χ4v) is 2.87. The molecule has 0 spiro atoms. The molecule has 1 atom stereocenters. The van der Waals surface area contributed by atoms with Gasteiger partial charge in [-0.1, -0.05) is 12.1 Å². The van der Waals surface area contributed by atoms with E-state index in [1.807, 2.05) is 24.3 Å². The summed E-state index contributed by atoms with van der Waals surface area (Å²) in [5.74, 6) is 2.49. The molecule has 1 aliphatic heterocycles. The Balaban J connectivity index is 1.79. The van der Waals surface area contributed by atoms with Crippen LogP contribution in [0.4, 0.5) is 4.39 Å². The molecule has 1 unspecified atom stereocenters. The Bertz CT molecular complexity index is 635. The maximum Gasteiger partial charge on any atom is 0.129 e. The summed E-state index contributed by atoms with van der Waals surface area (Å²) in [5.41, 5.74) is 2.19. The summed E-state index contributed by atoms with van der Waals surface area (Å²) < 4.78 is 29.6. The van der Waals surface area contributed by atoms with Crippen molar-refractivity contribution in [2.24, 2.45) is 5.92 Å². The quantitative estimate of drug-likeness (QED) is 0.863. The van der Waals surface area contributed by atoms with Crippen LogP contribution in [0.5, 0.6) is 17.2 Å². The maximum atomic E-state index is 13.0. The van der Waals surface area contributed by atoms with Crippen molar-refractivity contribution in [3.05, 3.63) is 53.3 Å². The number of hydrogen-bond acceptors (Lipinski definition) is 3. The van der Waals surface area contributed by atoms with Gasteiger partial charge in [-0.15, -0.1) is 0 Å². The van der Waals surface area contributed by atoms with E-state index in [-0.39, 0.29) is 5.82 Å². The Morgan fingerprint density at radius 2 is 1.91 bits per heavy atom. The van der Waals surface area contributed by atoms with E-state index >= 15 is 0 Å². The third-order valence-electron chi connectivity index (χ3n) is 4.00. The molecule has 2 aromatic rings. The molecule has 0 saturated carbocycles. The number of methoxy groups -OCH3 is 2. The average molecular weight is 302 g/mol.